The molecule has 0 amide bonds. The van der Waals surface area contributed by atoms with Crippen LogP contribution in [0.3, 0.4) is 0 Å². The van der Waals surface area contributed by atoms with Gasteiger partial charge in [-0.3, -0.25) is 0 Å². The van der Waals surface area contributed by atoms with Crippen molar-refractivity contribution < 1.29 is 4.74 Å². The Kier molecular flexibility index (Phi) is 5.71. The number of ether oxygens (including phenoxy) is 1. The third-order valence-electron chi connectivity index (χ3n) is 4.47. The van der Waals surface area contributed by atoms with E-state index < -0.39 is 0 Å². The van der Waals surface area contributed by atoms with Crippen LogP contribution in [0.4, 0.5) is 0 Å². The number of hydrogen-bond acceptors (Lipinski definition) is 2. The van der Waals surface area contributed by atoms with E-state index in [-0.39, 0.29) is 0 Å². The van der Waals surface area contributed by atoms with Crippen LogP contribution in [-0.2, 0) is 0 Å². The summed E-state index contributed by atoms with van der Waals surface area (Å²) in [6, 6.07) is 10.3. The molecule has 0 radical (unpaired) electrons. The van der Waals surface area contributed by atoms with Gasteiger partial charge in [0.25, 0.3) is 0 Å². The molecule has 2 nitrogen and oxygen atoms in total. The molecular formula is C17H27NO. The Bertz CT molecular complexity index is 352. The van der Waals surface area contributed by atoms with Crippen LogP contribution in [0.25, 0.3) is 0 Å². The summed E-state index contributed by atoms with van der Waals surface area (Å²) in [4.78, 5) is 0. The Morgan fingerprint density at radius 1 is 1.26 bits per heavy atom. The topological polar surface area (TPSA) is 35.2 Å². The van der Waals surface area contributed by atoms with Gasteiger partial charge in [-0.2, -0.15) is 0 Å². The molecule has 2 N–H and O–H groups in total. The van der Waals surface area contributed by atoms with E-state index in [2.05, 4.69) is 6.92 Å². The third-order valence-corrected chi connectivity index (χ3v) is 4.47. The van der Waals surface area contributed by atoms with Gasteiger partial charge in [-0.05, 0) is 43.2 Å². The van der Waals surface area contributed by atoms with E-state index in [0.717, 1.165) is 24.7 Å². The van der Waals surface area contributed by atoms with Gasteiger partial charge in [0.05, 0.1) is 6.61 Å². The van der Waals surface area contributed by atoms with Gasteiger partial charge >= 0.3 is 0 Å². The lowest BCUT2D eigenvalue weighted by molar-refractivity contribution is 0.203. The maximum absolute atomic E-state index is 6.35. The molecule has 0 bridgehead atoms. The average molecular weight is 261 g/mol. The second-order valence-electron chi connectivity index (χ2n) is 5.82. The van der Waals surface area contributed by atoms with Gasteiger partial charge in [0.2, 0.25) is 0 Å². The molecule has 1 saturated carbocycles. The summed E-state index contributed by atoms with van der Waals surface area (Å²) < 4.78 is 5.74. The molecule has 1 fully saturated rings. The fourth-order valence-corrected chi connectivity index (χ4v) is 3.16. The number of hydrogen-bond donors (Lipinski definition) is 1. The van der Waals surface area contributed by atoms with Crippen LogP contribution in [-0.4, -0.2) is 12.6 Å². The summed E-state index contributed by atoms with van der Waals surface area (Å²) in [5, 5.41) is 0. The highest BCUT2D eigenvalue weighted by molar-refractivity contribution is 5.20. The predicted octanol–water partition coefficient (Wildman–Crippen LogP) is 4.00. The molecule has 106 valence electrons. The maximum atomic E-state index is 6.35. The molecule has 0 saturated heterocycles. The monoisotopic (exact) mass is 261 g/mol. The molecule has 0 aliphatic heterocycles. The lowest BCUT2D eigenvalue weighted by atomic mass is 9.76. The van der Waals surface area contributed by atoms with E-state index >= 15 is 0 Å². The third kappa shape index (κ3) is 4.54. The Morgan fingerprint density at radius 3 is 2.79 bits per heavy atom. The summed E-state index contributed by atoms with van der Waals surface area (Å²) in [5.41, 5.74) is 6.35. The first-order valence-electron chi connectivity index (χ1n) is 7.73. The molecule has 3 unspecified atom stereocenters. The zero-order valence-electron chi connectivity index (χ0n) is 12.1. The lowest BCUT2D eigenvalue weighted by Gasteiger charge is -2.32. The van der Waals surface area contributed by atoms with Crippen LogP contribution in [0.5, 0.6) is 5.75 Å². The largest absolute Gasteiger partial charge is 0.494 e. The van der Waals surface area contributed by atoms with Crippen molar-refractivity contribution >= 4 is 0 Å². The fourth-order valence-electron chi connectivity index (χ4n) is 3.16. The summed E-state index contributed by atoms with van der Waals surface area (Å²) in [7, 11) is 0. The zero-order chi connectivity index (χ0) is 13.5. The highest BCUT2D eigenvalue weighted by Crippen LogP contribution is 2.33. The molecular weight excluding hydrogens is 234 g/mol. The molecule has 0 spiro atoms. The predicted molar refractivity (Wildman–Crippen MR) is 80.3 cm³/mol. The van der Waals surface area contributed by atoms with Crippen molar-refractivity contribution in [2.24, 2.45) is 17.6 Å². The van der Waals surface area contributed by atoms with Gasteiger partial charge in [0.15, 0.2) is 0 Å². The molecule has 2 heteroatoms. The van der Waals surface area contributed by atoms with E-state index in [1.54, 1.807) is 0 Å². The van der Waals surface area contributed by atoms with Crippen molar-refractivity contribution in [3.8, 4) is 5.75 Å². The van der Waals surface area contributed by atoms with E-state index in [1.165, 1.54) is 32.1 Å². The first-order valence-corrected chi connectivity index (χ1v) is 7.73. The smallest absolute Gasteiger partial charge is 0.119 e. The van der Waals surface area contributed by atoms with Crippen LogP contribution in [0.2, 0.25) is 0 Å². The summed E-state index contributed by atoms with van der Waals surface area (Å²) in [5.74, 6) is 2.56. The van der Waals surface area contributed by atoms with Gasteiger partial charge in [-0.15, -0.1) is 0 Å². The van der Waals surface area contributed by atoms with E-state index in [4.69, 9.17) is 10.5 Å². The molecule has 1 aliphatic rings. The Morgan fingerprint density at radius 2 is 2.05 bits per heavy atom. The number of para-hydroxylation sites is 1. The van der Waals surface area contributed by atoms with Crippen molar-refractivity contribution in [3.05, 3.63) is 30.3 Å². The van der Waals surface area contributed by atoms with Gasteiger partial charge < -0.3 is 10.5 Å². The van der Waals surface area contributed by atoms with E-state index in [0.29, 0.717) is 12.0 Å². The van der Waals surface area contributed by atoms with Crippen LogP contribution in [0, 0.1) is 11.8 Å². The molecule has 3 atom stereocenters. The minimum absolute atomic E-state index is 0.304. The Balaban J connectivity index is 1.70. The van der Waals surface area contributed by atoms with Crippen molar-refractivity contribution in [1.29, 1.82) is 0 Å². The number of rotatable bonds is 6. The maximum Gasteiger partial charge on any atom is 0.119 e. The number of benzene rings is 1. The molecule has 19 heavy (non-hydrogen) atoms. The normalized spacial score (nSPS) is 24.9. The summed E-state index contributed by atoms with van der Waals surface area (Å²) in [6.07, 6.45) is 7.67. The van der Waals surface area contributed by atoms with Crippen LogP contribution >= 0.6 is 0 Å². The van der Waals surface area contributed by atoms with Crippen LogP contribution in [0.15, 0.2) is 30.3 Å². The first-order chi connectivity index (χ1) is 9.29. The first kappa shape index (κ1) is 14.4. The molecule has 1 aromatic carbocycles. The minimum atomic E-state index is 0.304. The van der Waals surface area contributed by atoms with Crippen LogP contribution < -0.4 is 10.5 Å². The molecule has 1 aliphatic carbocycles. The van der Waals surface area contributed by atoms with Gasteiger partial charge in [0.1, 0.15) is 5.75 Å². The Hall–Kier alpha value is -1.02. The van der Waals surface area contributed by atoms with E-state index in [1.807, 2.05) is 30.3 Å². The van der Waals surface area contributed by atoms with Gasteiger partial charge in [0, 0.05) is 6.04 Å². The highest BCUT2D eigenvalue weighted by atomic mass is 16.5. The highest BCUT2D eigenvalue weighted by Gasteiger charge is 2.25. The molecule has 2 rings (SSSR count). The quantitative estimate of drug-likeness (QED) is 0.840. The summed E-state index contributed by atoms with van der Waals surface area (Å²) in [6.45, 7) is 3.04. The average Bonchev–Trinajstić information content (AvgIpc) is 2.48. The fraction of sp³-hybridized carbons (Fsp3) is 0.647. The molecule has 1 aromatic rings. The van der Waals surface area contributed by atoms with Crippen molar-refractivity contribution in [3.63, 3.8) is 0 Å². The SMILES string of the molecule is CCC1CCCC(C(N)CCOc2ccccc2)C1. The van der Waals surface area contributed by atoms with Crippen molar-refractivity contribution in [2.45, 2.75) is 51.5 Å². The number of nitrogens with two attached hydrogens (primary N) is 1. The minimum Gasteiger partial charge on any atom is -0.494 e. The van der Waals surface area contributed by atoms with Crippen molar-refractivity contribution in [1.82, 2.24) is 0 Å². The van der Waals surface area contributed by atoms with Crippen LogP contribution in [0.1, 0.15) is 45.4 Å². The van der Waals surface area contributed by atoms with E-state index in [9.17, 15) is 0 Å². The standard InChI is InChI=1S/C17H27NO/c1-2-14-7-6-8-15(13-14)17(18)11-12-19-16-9-4-3-5-10-16/h3-5,9-10,14-15,17H,2,6-8,11-13,18H2,1H3. The Labute approximate surface area is 117 Å². The zero-order valence-corrected chi connectivity index (χ0v) is 12.1. The molecule has 0 heterocycles. The van der Waals surface area contributed by atoms with Gasteiger partial charge in [-0.25, -0.2) is 0 Å². The summed E-state index contributed by atoms with van der Waals surface area (Å²) >= 11 is 0. The van der Waals surface area contributed by atoms with Gasteiger partial charge in [-0.1, -0.05) is 44.4 Å². The molecule has 0 aromatic heterocycles. The second kappa shape index (κ2) is 7.54. The van der Waals surface area contributed by atoms with Crippen molar-refractivity contribution in [2.75, 3.05) is 6.61 Å². The second-order valence-corrected chi connectivity index (χ2v) is 5.82. The lowest BCUT2D eigenvalue weighted by Crippen LogP contribution is -2.35.